The van der Waals surface area contributed by atoms with Gasteiger partial charge in [0.05, 0.1) is 25.4 Å². The number of carbonyl (C=O) groups is 2. The van der Waals surface area contributed by atoms with Crippen LogP contribution < -0.4 is 11.1 Å². The maximum atomic E-state index is 12.2. The largest absolute Gasteiger partial charge is 0.392 e. The Kier molecular flexibility index (Phi) is 5.82. The van der Waals surface area contributed by atoms with Gasteiger partial charge in [-0.1, -0.05) is 0 Å². The van der Waals surface area contributed by atoms with Crippen LogP contribution in [-0.4, -0.2) is 53.9 Å². The molecule has 120 valence electrons. The molecule has 2 heterocycles. The van der Waals surface area contributed by atoms with Crippen molar-refractivity contribution >= 4 is 11.8 Å². The van der Waals surface area contributed by atoms with Crippen molar-refractivity contribution < 1.29 is 24.2 Å². The van der Waals surface area contributed by atoms with Crippen LogP contribution in [0, 0.1) is 0 Å². The molecular weight excluding hydrogens is 290 g/mol. The second kappa shape index (κ2) is 7.83. The third-order valence-corrected chi connectivity index (χ3v) is 3.29. The van der Waals surface area contributed by atoms with Gasteiger partial charge in [0, 0.05) is 12.8 Å². The van der Waals surface area contributed by atoms with E-state index in [0.717, 1.165) is 0 Å². The predicted molar refractivity (Wildman–Crippen MR) is 75.8 cm³/mol. The normalized spacial score (nSPS) is 21.3. The van der Waals surface area contributed by atoms with E-state index in [4.69, 9.17) is 20.3 Å². The second-order valence-electron chi connectivity index (χ2n) is 4.97. The van der Waals surface area contributed by atoms with Gasteiger partial charge >= 0.3 is 0 Å². The van der Waals surface area contributed by atoms with Gasteiger partial charge in [-0.25, -0.2) is 0 Å². The molecule has 8 heteroatoms. The van der Waals surface area contributed by atoms with E-state index in [1.807, 2.05) is 0 Å². The number of ether oxygens (including phenoxy) is 2. The maximum absolute atomic E-state index is 12.2. The van der Waals surface area contributed by atoms with E-state index < -0.39 is 11.8 Å². The number of primary amides is 1. The van der Waals surface area contributed by atoms with Crippen LogP contribution in [0.1, 0.15) is 22.5 Å². The molecule has 4 N–H and O–H groups in total. The fourth-order valence-corrected chi connectivity index (χ4v) is 2.18. The number of hydrogen-bond acceptors (Lipinski definition) is 6. The van der Waals surface area contributed by atoms with Crippen LogP contribution in [0.5, 0.6) is 0 Å². The number of rotatable bonds is 6. The predicted octanol–water partition coefficient (Wildman–Crippen LogP) is -1.04. The Morgan fingerprint density at radius 3 is 3.09 bits per heavy atom. The van der Waals surface area contributed by atoms with Gasteiger partial charge in [0.15, 0.2) is 0 Å². The summed E-state index contributed by atoms with van der Waals surface area (Å²) in [4.78, 5) is 27.0. The zero-order chi connectivity index (χ0) is 15.9. The molecule has 0 unspecified atom stereocenters. The molecule has 1 fully saturated rings. The molecule has 22 heavy (non-hydrogen) atoms. The highest BCUT2D eigenvalue weighted by atomic mass is 16.5. The molecule has 0 aromatic carbocycles. The highest BCUT2D eigenvalue weighted by Crippen LogP contribution is 2.13. The molecule has 1 aliphatic heterocycles. The van der Waals surface area contributed by atoms with Gasteiger partial charge < -0.3 is 25.6 Å². The summed E-state index contributed by atoms with van der Waals surface area (Å²) in [5, 5.41) is 11.9. The van der Waals surface area contributed by atoms with Gasteiger partial charge in [-0.3, -0.25) is 14.6 Å². The molecule has 0 bridgehead atoms. The zero-order valence-electron chi connectivity index (χ0n) is 12.0. The average molecular weight is 309 g/mol. The zero-order valence-corrected chi connectivity index (χ0v) is 12.0. The third-order valence-electron chi connectivity index (χ3n) is 3.29. The molecule has 1 aromatic heterocycles. The molecule has 2 atom stereocenters. The Morgan fingerprint density at radius 2 is 2.36 bits per heavy atom. The van der Waals surface area contributed by atoms with Crippen LogP contribution in [0.25, 0.3) is 0 Å². The number of nitrogens with two attached hydrogens (primary N) is 1. The number of nitrogens with one attached hydrogen (secondary N) is 1. The van der Waals surface area contributed by atoms with Crippen molar-refractivity contribution in [2.75, 3.05) is 19.8 Å². The van der Waals surface area contributed by atoms with Crippen LogP contribution in [0.15, 0.2) is 18.3 Å². The van der Waals surface area contributed by atoms with Crippen LogP contribution in [0.4, 0.5) is 0 Å². The first-order valence-corrected chi connectivity index (χ1v) is 6.94. The smallest absolute Gasteiger partial charge is 0.270 e. The number of carbonyl (C=O) groups excluding carboxylic acids is 2. The molecule has 0 saturated carbocycles. The third kappa shape index (κ3) is 4.48. The standard InChI is InChI=1S/C14H19N3O5/c15-13(19)8-22-12-2-4-21-7-11(12)17-14(20)10-5-9(6-18)1-3-16-10/h1,3,5,11-12,18H,2,4,6-8H2,(H2,15,19)(H,17,20)/t11-,12+/m0/s1. The fraction of sp³-hybridized carbons (Fsp3) is 0.500. The summed E-state index contributed by atoms with van der Waals surface area (Å²) in [6.45, 7) is 0.415. The Morgan fingerprint density at radius 1 is 1.55 bits per heavy atom. The van der Waals surface area contributed by atoms with Crippen LogP contribution in [-0.2, 0) is 20.9 Å². The van der Waals surface area contributed by atoms with Crippen molar-refractivity contribution in [2.24, 2.45) is 5.73 Å². The molecule has 1 saturated heterocycles. The van der Waals surface area contributed by atoms with Gasteiger partial charge in [-0.05, 0) is 24.1 Å². The molecule has 2 rings (SSSR count). The van der Waals surface area contributed by atoms with Gasteiger partial charge in [0.25, 0.3) is 5.91 Å². The summed E-state index contributed by atoms with van der Waals surface area (Å²) in [6, 6.07) is 2.75. The van der Waals surface area contributed by atoms with Crippen LogP contribution in [0.2, 0.25) is 0 Å². The topological polar surface area (TPSA) is 124 Å². The lowest BCUT2D eigenvalue weighted by Crippen LogP contribution is -2.51. The lowest BCUT2D eigenvalue weighted by molar-refractivity contribution is -0.128. The number of amides is 2. The number of hydrogen-bond donors (Lipinski definition) is 3. The molecule has 8 nitrogen and oxygen atoms in total. The number of pyridine rings is 1. The number of aliphatic hydroxyl groups is 1. The van der Waals surface area contributed by atoms with E-state index in [-0.39, 0.29) is 37.7 Å². The van der Waals surface area contributed by atoms with Crippen molar-refractivity contribution in [1.82, 2.24) is 10.3 Å². The minimum absolute atomic E-state index is 0.167. The molecule has 1 aliphatic rings. The molecule has 0 radical (unpaired) electrons. The van der Waals surface area contributed by atoms with Crippen LogP contribution in [0.3, 0.4) is 0 Å². The summed E-state index contributed by atoms with van der Waals surface area (Å²) in [5.41, 5.74) is 5.86. The molecule has 1 aromatic rings. The first-order valence-electron chi connectivity index (χ1n) is 6.94. The Bertz CT molecular complexity index is 537. The van der Waals surface area contributed by atoms with E-state index in [2.05, 4.69) is 10.3 Å². The minimum atomic E-state index is -0.561. The maximum Gasteiger partial charge on any atom is 0.270 e. The summed E-state index contributed by atoms with van der Waals surface area (Å²) < 4.78 is 10.7. The second-order valence-corrected chi connectivity index (χ2v) is 4.97. The monoisotopic (exact) mass is 309 g/mol. The minimum Gasteiger partial charge on any atom is -0.392 e. The highest BCUT2D eigenvalue weighted by Gasteiger charge is 2.29. The van der Waals surface area contributed by atoms with Crippen molar-refractivity contribution in [2.45, 2.75) is 25.2 Å². The first kappa shape index (κ1) is 16.3. The SMILES string of the molecule is NC(=O)CO[C@@H]1CCOC[C@@H]1NC(=O)c1cc(CO)ccn1. The molecule has 0 spiro atoms. The van der Waals surface area contributed by atoms with Crippen molar-refractivity contribution in [3.05, 3.63) is 29.6 Å². The van der Waals surface area contributed by atoms with Crippen LogP contribution >= 0.6 is 0 Å². The Balaban J connectivity index is 1.99. The lowest BCUT2D eigenvalue weighted by Gasteiger charge is -2.31. The number of aliphatic hydroxyl groups excluding tert-OH is 1. The fourth-order valence-electron chi connectivity index (χ4n) is 2.18. The van der Waals surface area contributed by atoms with Crippen molar-refractivity contribution in [1.29, 1.82) is 0 Å². The average Bonchev–Trinajstić information content (AvgIpc) is 2.54. The summed E-state index contributed by atoms with van der Waals surface area (Å²) in [5.74, 6) is -0.952. The summed E-state index contributed by atoms with van der Waals surface area (Å²) >= 11 is 0. The number of aromatic nitrogens is 1. The molecule has 2 amide bonds. The lowest BCUT2D eigenvalue weighted by atomic mass is 10.1. The highest BCUT2D eigenvalue weighted by molar-refractivity contribution is 5.92. The first-order chi connectivity index (χ1) is 10.6. The Labute approximate surface area is 127 Å². The summed E-state index contributed by atoms with van der Waals surface area (Å²) in [7, 11) is 0. The van der Waals surface area contributed by atoms with E-state index in [1.165, 1.54) is 12.3 Å². The van der Waals surface area contributed by atoms with E-state index in [1.54, 1.807) is 6.07 Å². The van der Waals surface area contributed by atoms with E-state index >= 15 is 0 Å². The molecule has 0 aliphatic carbocycles. The Hall–Kier alpha value is -2.03. The number of nitrogens with zero attached hydrogens (tertiary/aromatic N) is 1. The van der Waals surface area contributed by atoms with Crippen molar-refractivity contribution in [3.8, 4) is 0 Å². The quantitative estimate of drug-likeness (QED) is 0.617. The van der Waals surface area contributed by atoms with Crippen molar-refractivity contribution in [3.63, 3.8) is 0 Å². The summed E-state index contributed by atoms with van der Waals surface area (Å²) in [6.07, 6.45) is 1.67. The van der Waals surface area contributed by atoms with E-state index in [9.17, 15) is 9.59 Å². The van der Waals surface area contributed by atoms with Gasteiger partial charge in [-0.15, -0.1) is 0 Å². The van der Waals surface area contributed by atoms with Gasteiger partial charge in [0.1, 0.15) is 12.3 Å². The van der Waals surface area contributed by atoms with Gasteiger partial charge in [0.2, 0.25) is 5.91 Å². The van der Waals surface area contributed by atoms with E-state index in [0.29, 0.717) is 18.6 Å². The van der Waals surface area contributed by atoms with Gasteiger partial charge in [-0.2, -0.15) is 0 Å². The molecular formula is C14H19N3O5.